The number of carbonyl (C=O) groups is 2. The fraction of sp³-hybridized carbons (Fsp3) is 0.500. The van der Waals surface area contributed by atoms with E-state index in [-0.39, 0.29) is 35.5 Å². The van der Waals surface area contributed by atoms with Crippen LogP contribution in [0.1, 0.15) is 46.1 Å². The molecule has 0 radical (unpaired) electrons. The van der Waals surface area contributed by atoms with Crippen molar-refractivity contribution in [1.82, 2.24) is 14.5 Å². The van der Waals surface area contributed by atoms with Crippen LogP contribution in [0.2, 0.25) is 0 Å². The molecule has 2 aliphatic heterocycles. The summed E-state index contributed by atoms with van der Waals surface area (Å²) in [5, 5.41) is 0. The van der Waals surface area contributed by atoms with Crippen molar-refractivity contribution in [2.75, 3.05) is 31.7 Å². The van der Waals surface area contributed by atoms with Gasteiger partial charge in [-0.05, 0) is 25.7 Å². The largest absolute Gasteiger partial charge is 0.490 e. The Kier molecular flexibility index (Phi) is 5.94. The van der Waals surface area contributed by atoms with Gasteiger partial charge in [-0.25, -0.2) is 9.19 Å². The molecule has 2 aromatic rings. The van der Waals surface area contributed by atoms with Crippen molar-refractivity contribution in [3.8, 4) is 5.75 Å². The number of hydrogen-bond donors (Lipinski definition) is 0. The first-order chi connectivity index (χ1) is 14.9. The molecule has 2 amide bonds. The Bertz CT molecular complexity index is 1190. The lowest BCUT2D eigenvalue weighted by molar-refractivity contribution is 0.0750. The van der Waals surface area contributed by atoms with Gasteiger partial charge in [-0.3, -0.25) is 14.4 Å². The smallest absolute Gasteiger partial charge is 0.320 e. The normalized spacial score (nSPS) is 21.1. The van der Waals surface area contributed by atoms with Gasteiger partial charge in [0.2, 0.25) is 11.2 Å². The lowest BCUT2D eigenvalue weighted by Crippen LogP contribution is -2.35. The molecule has 2 aromatic heterocycles. The van der Waals surface area contributed by atoms with E-state index in [0.717, 1.165) is 43.8 Å². The number of imidazole rings is 1. The molecule has 0 aromatic carbocycles. The standard InChI is InChI=1S/C20H24N4O6S/c1-29-17-13-30-16(11-15(17)25)19(26)22-31(28)9-4-6-23(8-10-31)20(27)18-21-12-14-5-2-3-7-24(14)18/h11-13H,2-10H2,1H3. The summed E-state index contributed by atoms with van der Waals surface area (Å²) in [5.41, 5.74) is 0.540. The number of nitrogens with zero attached hydrogens (tertiary/aromatic N) is 4. The zero-order valence-electron chi connectivity index (χ0n) is 17.2. The topological polar surface area (TPSA) is 124 Å². The predicted octanol–water partition coefficient (Wildman–Crippen LogP) is 1.34. The highest BCUT2D eigenvalue weighted by Gasteiger charge is 2.28. The van der Waals surface area contributed by atoms with Gasteiger partial charge in [0.05, 0.1) is 16.8 Å². The molecular weight excluding hydrogens is 424 g/mol. The third-order valence-corrected chi connectivity index (χ3v) is 7.78. The summed E-state index contributed by atoms with van der Waals surface area (Å²) < 4.78 is 29.0. The fourth-order valence-electron chi connectivity index (χ4n) is 3.85. The second-order valence-corrected chi connectivity index (χ2v) is 10.1. The Morgan fingerprint density at radius 1 is 1.19 bits per heavy atom. The number of methoxy groups -OCH3 is 1. The first kappa shape index (κ1) is 21.3. The molecule has 0 saturated carbocycles. The Hall–Kier alpha value is -2.95. The Labute approximate surface area is 179 Å². The molecular formula is C20H24N4O6S. The number of fused-ring (bicyclic) bond motifs is 1. The summed E-state index contributed by atoms with van der Waals surface area (Å²) in [6.45, 7) is 1.40. The lowest BCUT2D eigenvalue weighted by Gasteiger charge is -2.22. The van der Waals surface area contributed by atoms with Crippen molar-refractivity contribution in [1.29, 1.82) is 0 Å². The predicted molar refractivity (Wildman–Crippen MR) is 112 cm³/mol. The van der Waals surface area contributed by atoms with Gasteiger partial charge >= 0.3 is 5.91 Å². The van der Waals surface area contributed by atoms with Crippen molar-refractivity contribution in [2.24, 2.45) is 4.36 Å². The zero-order chi connectivity index (χ0) is 22.0. The Balaban J connectivity index is 1.50. The number of rotatable bonds is 3. The van der Waals surface area contributed by atoms with Gasteiger partial charge in [0.1, 0.15) is 6.26 Å². The summed E-state index contributed by atoms with van der Waals surface area (Å²) in [5.74, 6) is -0.714. The summed E-state index contributed by atoms with van der Waals surface area (Å²) in [6, 6.07) is 0.974. The van der Waals surface area contributed by atoms with Gasteiger partial charge in [0.25, 0.3) is 5.91 Å². The molecule has 10 nitrogen and oxygen atoms in total. The minimum atomic E-state index is -2.89. The van der Waals surface area contributed by atoms with Crippen LogP contribution < -0.4 is 10.2 Å². The zero-order valence-corrected chi connectivity index (χ0v) is 18.1. The van der Waals surface area contributed by atoms with Gasteiger partial charge in [0, 0.05) is 49.1 Å². The van der Waals surface area contributed by atoms with E-state index >= 15 is 0 Å². The summed E-state index contributed by atoms with van der Waals surface area (Å²) in [4.78, 5) is 43.2. The highest BCUT2D eigenvalue weighted by Crippen LogP contribution is 2.19. The second kappa shape index (κ2) is 8.66. The van der Waals surface area contributed by atoms with E-state index in [4.69, 9.17) is 9.15 Å². The van der Waals surface area contributed by atoms with Gasteiger partial charge < -0.3 is 18.6 Å². The number of amides is 2. The van der Waals surface area contributed by atoms with E-state index in [1.165, 1.54) is 7.11 Å². The number of aromatic nitrogens is 2. The molecule has 0 bridgehead atoms. The first-order valence-electron chi connectivity index (χ1n) is 10.2. The SMILES string of the molecule is COc1coc(C(=O)N=S2(=O)CCCN(C(=O)c3ncc4n3CCCC4)CC2)cc1=O. The second-order valence-electron chi connectivity index (χ2n) is 7.58. The average Bonchev–Trinajstić information content (AvgIpc) is 3.10. The van der Waals surface area contributed by atoms with E-state index < -0.39 is 21.1 Å². The third-order valence-electron chi connectivity index (χ3n) is 5.53. The van der Waals surface area contributed by atoms with Crippen LogP contribution in [0.15, 0.2) is 32.1 Å². The molecule has 11 heteroatoms. The molecule has 1 atom stereocenters. The van der Waals surface area contributed by atoms with Gasteiger partial charge in [-0.2, -0.15) is 4.36 Å². The van der Waals surface area contributed by atoms with E-state index in [1.807, 2.05) is 4.57 Å². The maximum atomic E-state index is 13.2. The molecule has 0 spiro atoms. The third kappa shape index (κ3) is 4.41. The maximum Gasteiger partial charge on any atom is 0.320 e. The van der Waals surface area contributed by atoms with E-state index in [9.17, 15) is 18.6 Å². The van der Waals surface area contributed by atoms with Crippen LogP contribution in [0.4, 0.5) is 0 Å². The molecule has 4 rings (SSSR count). The number of carbonyl (C=O) groups excluding carboxylic acids is 2. The number of aryl methyl sites for hydroxylation is 1. The molecule has 166 valence electrons. The highest BCUT2D eigenvalue weighted by atomic mass is 32.2. The molecule has 4 heterocycles. The minimum absolute atomic E-state index is 0.0365. The molecule has 2 aliphatic rings. The number of hydrogen-bond acceptors (Lipinski definition) is 7. The van der Waals surface area contributed by atoms with E-state index in [2.05, 4.69) is 9.35 Å². The lowest BCUT2D eigenvalue weighted by atomic mass is 10.1. The van der Waals surface area contributed by atoms with E-state index in [1.54, 1.807) is 11.1 Å². The Morgan fingerprint density at radius 2 is 2.03 bits per heavy atom. The highest BCUT2D eigenvalue weighted by molar-refractivity contribution is 7.93. The minimum Gasteiger partial charge on any atom is -0.490 e. The van der Waals surface area contributed by atoms with Crippen molar-refractivity contribution in [3.63, 3.8) is 0 Å². The van der Waals surface area contributed by atoms with Crippen LogP contribution in [0, 0.1) is 0 Å². The molecule has 31 heavy (non-hydrogen) atoms. The monoisotopic (exact) mass is 448 g/mol. The van der Waals surface area contributed by atoms with Crippen LogP contribution in [-0.2, 0) is 22.7 Å². The average molecular weight is 449 g/mol. The first-order valence-corrected chi connectivity index (χ1v) is 12.0. The van der Waals surface area contributed by atoms with Crippen LogP contribution in [-0.4, -0.2) is 62.2 Å². The van der Waals surface area contributed by atoms with Gasteiger partial charge in [0.15, 0.2) is 11.6 Å². The molecule has 1 unspecified atom stereocenters. The van der Waals surface area contributed by atoms with Crippen molar-refractivity contribution >= 4 is 21.5 Å². The molecule has 0 aliphatic carbocycles. The van der Waals surface area contributed by atoms with Gasteiger partial charge in [-0.1, -0.05) is 0 Å². The molecule has 0 N–H and O–H groups in total. The van der Waals surface area contributed by atoms with Crippen LogP contribution >= 0.6 is 0 Å². The van der Waals surface area contributed by atoms with Crippen LogP contribution in [0.25, 0.3) is 0 Å². The fourth-order valence-corrected chi connectivity index (χ4v) is 5.71. The van der Waals surface area contributed by atoms with E-state index in [0.29, 0.717) is 18.8 Å². The Morgan fingerprint density at radius 3 is 2.81 bits per heavy atom. The van der Waals surface area contributed by atoms with Crippen LogP contribution in [0.3, 0.4) is 0 Å². The maximum absolute atomic E-state index is 13.2. The summed E-state index contributed by atoms with van der Waals surface area (Å²) in [6.07, 6.45) is 6.24. The quantitative estimate of drug-likeness (QED) is 0.694. The van der Waals surface area contributed by atoms with Crippen molar-refractivity contribution in [2.45, 2.75) is 32.2 Å². The van der Waals surface area contributed by atoms with Gasteiger partial charge in [-0.15, -0.1) is 0 Å². The van der Waals surface area contributed by atoms with Crippen molar-refractivity contribution in [3.05, 3.63) is 46.0 Å². The summed E-state index contributed by atoms with van der Waals surface area (Å²) in [7, 11) is -1.58. The summed E-state index contributed by atoms with van der Waals surface area (Å²) >= 11 is 0. The van der Waals surface area contributed by atoms with Crippen molar-refractivity contribution < 1.29 is 23.0 Å². The molecule has 1 saturated heterocycles. The number of ether oxygens (including phenoxy) is 1. The molecule has 1 fully saturated rings. The van der Waals surface area contributed by atoms with Crippen LogP contribution in [0.5, 0.6) is 5.75 Å².